The Labute approximate surface area is 511 Å². The van der Waals surface area contributed by atoms with Gasteiger partial charge in [-0.3, -0.25) is 9.59 Å². The third kappa shape index (κ3) is 50.6. The van der Waals surface area contributed by atoms with Crippen LogP contribution in [0.2, 0.25) is 0 Å². The summed E-state index contributed by atoms with van der Waals surface area (Å²) in [7, 11) is 0. The Bertz CT molecular complexity index is 1470. The summed E-state index contributed by atoms with van der Waals surface area (Å²) in [5, 5.41) is 54.2. The number of hydrogen-bond acceptors (Lipinski definition) is 10. The minimum atomic E-state index is -1.57. The molecule has 488 valence electrons. The Hall–Kier alpha value is -2.12. The number of aliphatic hydroxyl groups excluding tert-OH is 5. The van der Waals surface area contributed by atoms with E-state index in [0.29, 0.717) is 19.4 Å². The molecule has 0 spiro atoms. The molecule has 0 radical (unpaired) electrons. The minimum Gasteiger partial charge on any atom is -0.466 e. The van der Waals surface area contributed by atoms with E-state index in [1.54, 1.807) is 6.08 Å². The predicted octanol–water partition coefficient (Wildman–Crippen LogP) is 18.2. The van der Waals surface area contributed by atoms with Gasteiger partial charge in [0.05, 0.1) is 32.0 Å². The van der Waals surface area contributed by atoms with Gasteiger partial charge in [-0.1, -0.05) is 301 Å². The normalized spacial score (nSPS) is 18.3. The van der Waals surface area contributed by atoms with Crippen LogP contribution in [0, 0.1) is 0 Å². The summed E-state index contributed by atoms with van der Waals surface area (Å²) in [6.45, 7) is 4.31. The van der Waals surface area contributed by atoms with Crippen molar-refractivity contribution in [1.29, 1.82) is 0 Å². The molecule has 7 unspecified atom stereocenters. The summed E-state index contributed by atoms with van der Waals surface area (Å²) < 4.78 is 16.7. The fraction of sp³-hybridized carbons (Fsp3) is 0.889. The molecule has 1 rings (SSSR count). The van der Waals surface area contributed by atoms with Gasteiger partial charge in [-0.2, -0.15) is 0 Å². The zero-order valence-electron chi connectivity index (χ0n) is 54.2. The van der Waals surface area contributed by atoms with E-state index >= 15 is 0 Å². The standard InChI is InChI=1S/C72H135NO10/c1-3-5-7-9-11-13-39-44-48-52-56-60-68(77)81-61-57-53-49-45-41-38-36-34-32-30-28-26-24-22-20-18-16-14-15-17-19-21-23-25-27-29-31-33-35-37-40-43-47-51-55-59-67(76)73-64(65(75)58-54-50-46-42-12-10-8-6-4-2)63-82-72-71(80)70(79)69(78)66(62-74)83-72/h12,16,18,42,54,58,64-66,69-72,74-75,78-80H,3-11,13-15,17,19-41,43-53,55-57,59-63H2,1-2H3,(H,73,76)/b18-16-,42-12+,58-54+. The second kappa shape index (κ2) is 61.5. The molecule has 0 aromatic carbocycles. The predicted molar refractivity (Wildman–Crippen MR) is 347 cm³/mol. The second-order valence-electron chi connectivity index (χ2n) is 24.9. The van der Waals surface area contributed by atoms with Crippen LogP contribution in [-0.2, 0) is 23.8 Å². The summed E-state index contributed by atoms with van der Waals surface area (Å²) in [5.74, 6) is -0.177. The Morgan fingerprint density at radius 1 is 0.434 bits per heavy atom. The maximum Gasteiger partial charge on any atom is 0.305 e. The Kier molecular flexibility index (Phi) is 58.5. The fourth-order valence-electron chi connectivity index (χ4n) is 11.3. The highest BCUT2D eigenvalue weighted by Gasteiger charge is 2.44. The van der Waals surface area contributed by atoms with Crippen molar-refractivity contribution in [3.63, 3.8) is 0 Å². The molecule has 0 aromatic rings. The van der Waals surface area contributed by atoms with E-state index in [9.17, 15) is 35.1 Å². The van der Waals surface area contributed by atoms with Crippen LogP contribution in [-0.4, -0.2) is 100 Å². The van der Waals surface area contributed by atoms with Gasteiger partial charge in [-0.05, 0) is 70.6 Å². The lowest BCUT2D eigenvalue weighted by Crippen LogP contribution is -2.60. The maximum absolute atomic E-state index is 13.0. The highest BCUT2D eigenvalue weighted by molar-refractivity contribution is 5.76. The largest absolute Gasteiger partial charge is 0.466 e. The Balaban J connectivity index is 1.90. The van der Waals surface area contributed by atoms with Crippen LogP contribution < -0.4 is 5.32 Å². The quantitative estimate of drug-likeness (QED) is 0.0195. The van der Waals surface area contributed by atoms with Crippen LogP contribution in [0.15, 0.2) is 36.5 Å². The SMILES string of the molecule is CCCCC/C=C/CC/C=C/C(O)C(COC1OC(CO)C(O)C(O)C1O)NC(=O)CCCCCCCCCCCCCCCCCCC/C=C\CCCCCCCCCCCCCCCCOC(=O)CCCCCCCCCCCCC. The Morgan fingerprint density at radius 2 is 0.783 bits per heavy atom. The molecule has 1 aliphatic heterocycles. The first-order valence-corrected chi connectivity index (χ1v) is 35.8. The van der Waals surface area contributed by atoms with Crippen molar-refractivity contribution in [1.82, 2.24) is 5.32 Å². The number of amides is 1. The van der Waals surface area contributed by atoms with E-state index in [1.165, 1.54) is 270 Å². The number of allylic oxidation sites excluding steroid dienone is 5. The van der Waals surface area contributed by atoms with Gasteiger partial charge in [-0.25, -0.2) is 0 Å². The molecule has 0 bridgehead atoms. The van der Waals surface area contributed by atoms with Crippen LogP contribution in [0.4, 0.5) is 0 Å². The van der Waals surface area contributed by atoms with Crippen molar-refractivity contribution in [3.05, 3.63) is 36.5 Å². The summed E-state index contributed by atoms with van der Waals surface area (Å²) >= 11 is 0. The van der Waals surface area contributed by atoms with Crippen molar-refractivity contribution in [2.45, 2.75) is 391 Å². The van der Waals surface area contributed by atoms with Crippen LogP contribution in [0.25, 0.3) is 0 Å². The number of aliphatic hydroxyl groups is 5. The third-order valence-electron chi connectivity index (χ3n) is 17.0. The molecule has 7 atom stereocenters. The first-order chi connectivity index (χ1) is 40.7. The second-order valence-corrected chi connectivity index (χ2v) is 24.9. The van der Waals surface area contributed by atoms with Gasteiger partial charge in [0.1, 0.15) is 24.4 Å². The molecule has 1 aliphatic rings. The van der Waals surface area contributed by atoms with Crippen molar-refractivity contribution in [2.24, 2.45) is 0 Å². The van der Waals surface area contributed by atoms with Gasteiger partial charge in [0.2, 0.25) is 5.91 Å². The van der Waals surface area contributed by atoms with E-state index in [2.05, 4.69) is 43.5 Å². The van der Waals surface area contributed by atoms with Crippen LogP contribution >= 0.6 is 0 Å². The Morgan fingerprint density at radius 3 is 1.22 bits per heavy atom. The average Bonchev–Trinajstić information content (AvgIpc) is 3.69. The van der Waals surface area contributed by atoms with Gasteiger partial charge in [-0.15, -0.1) is 0 Å². The van der Waals surface area contributed by atoms with Crippen molar-refractivity contribution < 1.29 is 49.3 Å². The zero-order valence-corrected chi connectivity index (χ0v) is 54.2. The molecule has 11 nitrogen and oxygen atoms in total. The molecule has 11 heteroatoms. The molecule has 0 aliphatic carbocycles. The summed E-state index contributed by atoms with van der Waals surface area (Å²) in [6.07, 6.45) is 68.9. The number of carbonyl (C=O) groups excluding carboxylic acids is 2. The first-order valence-electron chi connectivity index (χ1n) is 35.8. The van der Waals surface area contributed by atoms with Crippen molar-refractivity contribution >= 4 is 11.9 Å². The summed E-state index contributed by atoms with van der Waals surface area (Å²) in [6, 6.07) is -0.823. The van der Waals surface area contributed by atoms with Crippen LogP contribution in [0.1, 0.15) is 348 Å². The van der Waals surface area contributed by atoms with E-state index in [-0.39, 0.29) is 18.5 Å². The van der Waals surface area contributed by atoms with Gasteiger partial charge >= 0.3 is 5.97 Å². The summed E-state index contributed by atoms with van der Waals surface area (Å²) in [4.78, 5) is 25.0. The molecule has 6 N–H and O–H groups in total. The number of carbonyl (C=O) groups is 2. The highest BCUT2D eigenvalue weighted by atomic mass is 16.7. The highest BCUT2D eigenvalue weighted by Crippen LogP contribution is 2.23. The number of hydrogen-bond donors (Lipinski definition) is 6. The van der Waals surface area contributed by atoms with Gasteiger partial charge in [0.25, 0.3) is 0 Å². The van der Waals surface area contributed by atoms with E-state index < -0.39 is 49.5 Å². The van der Waals surface area contributed by atoms with Gasteiger partial charge in [0, 0.05) is 12.8 Å². The maximum atomic E-state index is 13.0. The van der Waals surface area contributed by atoms with Crippen LogP contribution in [0.3, 0.4) is 0 Å². The molecule has 1 fully saturated rings. The number of rotatable bonds is 63. The molecule has 83 heavy (non-hydrogen) atoms. The lowest BCUT2D eigenvalue weighted by molar-refractivity contribution is -0.302. The lowest BCUT2D eigenvalue weighted by Gasteiger charge is -2.40. The average molecular weight is 1170 g/mol. The number of ether oxygens (including phenoxy) is 3. The smallest absolute Gasteiger partial charge is 0.305 e. The number of unbranched alkanes of at least 4 members (excludes halogenated alkanes) is 45. The molecule has 1 saturated heterocycles. The molecular formula is C72H135NO10. The van der Waals surface area contributed by atoms with Gasteiger partial charge in [0.15, 0.2) is 6.29 Å². The fourth-order valence-corrected chi connectivity index (χ4v) is 11.3. The molecular weight excluding hydrogens is 1040 g/mol. The topological polar surface area (TPSA) is 175 Å². The first kappa shape index (κ1) is 78.9. The molecule has 0 aromatic heterocycles. The van der Waals surface area contributed by atoms with E-state index in [4.69, 9.17) is 14.2 Å². The minimum absolute atomic E-state index is 0.0132. The van der Waals surface area contributed by atoms with E-state index in [1.807, 2.05) is 6.08 Å². The number of nitrogens with one attached hydrogen (secondary N) is 1. The van der Waals surface area contributed by atoms with Crippen LogP contribution in [0.5, 0.6) is 0 Å². The molecule has 0 saturated carbocycles. The lowest BCUT2D eigenvalue weighted by atomic mass is 9.99. The van der Waals surface area contributed by atoms with Crippen molar-refractivity contribution in [2.75, 3.05) is 19.8 Å². The summed E-state index contributed by atoms with van der Waals surface area (Å²) in [5.41, 5.74) is 0. The van der Waals surface area contributed by atoms with Gasteiger partial charge < -0.3 is 45.1 Å². The van der Waals surface area contributed by atoms with E-state index in [0.717, 1.165) is 51.4 Å². The van der Waals surface area contributed by atoms with Crippen molar-refractivity contribution in [3.8, 4) is 0 Å². The monoisotopic (exact) mass is 1170 g/mol. The molecule has 1 amide bonds. The molecule has 1 heterocycles. The zero-order chi connectivity index (χ0) is 60.2. The number of esters is 1. The third-order valence-corrected chi connectivity index (χ3v) is 17.0.